The summed E-state index contributed by atoms with van der Waals surface area (Å²) in [6, 6.07) is 2.21. The van der Waals surface area contributed by atoms with Gasteiger partial charge in [-0.15, -0.1) is 5.10 Å². The number of hydrogen-bond acceptors (Lipinski definition) is 4. The van der Waals surface area contributed by atoms with Gasteiger partial charge in [-0.3, -0.25) is 0 Å². The summed E-state index contributed by atoms with van der Waals surface area (Å²) >= 11 is 0. The molecule has 15 heavy (non-hydrogen) atoms. The number of hydrogen-bond donors (Lipinski definition) is 1. The van der Waals surface area contributed by atoms with Crippen molar-refractivity contribution < 1.29 is 5.11 Å². The van der Waals surface area contributed by atoms with E-state index in [9.17, 15) is 0 Å². The van der Waals surface area contributed by atoms with Gasteiger partial charge >= 0.3 is 0 Å². The van der Waals surface area contributed by atoms with Gasteiger partial charge in [0.15, 0.2) is 0 Å². The van der Waals surface area contributed by atoms with Gasteiger partial charge in [0, 0.05) is 6.61 Å². The third-order valence-corrected chi connectivity index (χ3v) is 2.42. The maximum atomic E-state index is 8.86. The van der Waals surface area contributed by atoms with Crippen LogP contribution < -0.4 is 0 Å². The third kappa shape index (κ3) is 2.54. The lowest BCUT2D eigenvalue weighted by atomic mass is 10.2. The first kappa shape index (κ1) is 11.7. The first-order valence-electron chi connectivity index (χ1n) is 5.15. The van der Waals surface area contributed by atoms with Crippen LogP contribution in [0, 0.1) is 11.3 Å². The Morgan fingerprint density at radius 3 is 2.87 bits per heavy atom. The standard InChI is InChI=1S/C10H16N4O/c1-3-10-9(4-6-11)12-13-14(10)8(2)5-7-15/h8,15H,3-5,7H2,1-2H3. The summed E-state index contributed by atoms with van der Waals surface area (Å²) in [6.07, 6.45) is 1.76. The lowest BCUT2D eigenvalue weighted by Crippen LogP contribution is -2.12. The molecule has 0 saturated carbocycles. The molecule has 0 bridgehead atoms. The maximum Gasteiger partial charge on any atom is 0.0999 e. The van der Waals surface area contributed by atoms with Crippen LogP contribution >= 0.6 is 0 Å². The van der Waals surface area contributed by atoms with Gasteiger partial charge in [0.2, 0.25) is 0 Å². The molecule has 0 aliphatic rings. The average molecular weight is 208 g/mol. The Balaban J connectivity index is 2.93. The highest BCUT2D eigenvalue weighted by atomic mass is 16.3. The van der Waals surface area contributed by atoms with Gasteiger partial charge in [-0.1, -0.05) is 12.1 Å². The molecule has 82 valence electrons. The van der Waals surface area contributed by atoms with Crippen LogP contribution in [0.1, 0.15) is 37.7 Å². The SMILES string of the molecule is CCc1c(CC#N)nnn1C(C)CCO. The van der Waals surface area contributed by atoms with Gasteiger partial charge in [-0.25, -0.2) is 4.68 Å². The summed E-state index contributed by atoms with van der Waals surface area (Å²) in [4.78, 5) is 0. The fourth-order valence-electron chi connectivity index (χ4n) is 1.59. The molecule has 1 atom stereocenters. The summed E-state index contributed by atoms with van der Waals surface area (Å²) in [5, 5.41) is 25.5. The van der Waals surface area contributed by atoms with Crippen LogP contribution in [0.5, 0.6) is 0 Å². The molecule has 0 amide bonds. The lowest BCUT2D eigenvalue weighted by molar-refractivity contribution is 0.255. The van der Waals surface area contributed by atoms with Gasteiger partial charge in [-0.05, 0) is 19.8 Å². The van der Waals surface area contributed by atoms with E-state index >= 15 is 0 Å². The van der Waals surface area contributed by atoms with Crippen LogP contribution in [0.15, 0.2) is 0 Å². The highest BCUT2D eigenvalue weighted by Gasteiger charge is 2.14. The van der Waals surface area contributed by atoms with E-state index in [4.69, 9.17) is 10.4 Å². The average Bonchev–Trinajstić information content (AvgIpc) is 2.62. The van der Waals surface area contributed by atoms with Crippen molar-refractivity contribution in [3.8, 4) is 6.07 Å². The number of rotatable bonds is 5. The van der Waals surface area contributed by atoms with Gasteiger partial charge < -0.3 is 5.11 Å². The van der Waals surface area contributed by atoms with Crippen molar-refractivity contribution in [1.29, 1.82) is 5.26 Å². The molecule has 0 aliphatic carbocycles. The summed E-state index contributed by atoms with van der Waals surface area (Å²) in [6.45, 7) is 4.14. The van der Waals surface area contributed by atoms with E-state index in [1.807, 2.05) is 18.5 Å². The second-order valence-corrected chi connectivity index (χ2v) is 3.48. The van der Waals surface area contributed by atoms with E-state index in [-0.39, 0.29) is 12.6 Å². The van der Waals surface area contributed by atoms with Crippen molar-refractivity contribution in [1.82, 2.24) is 15.0 Å². The normalized spacial score (nSPS) is 12.4. The van der Waals surface area contributed by atoms with Crippen LogP contribution in [-0.4, -0.2) is 26.7 Å². The Morgan fingerprint density at radius 1 is 1.60 bits per heavy atom. The van der Waals surface area contributed by atoms with E-state index in [1.165, 1.54) is 0 Å². The molecule has 1 aromatic heterocycles. The van der Waals surface area contributed by atoms with Crippen molar-refractivity contribution in [2.24, 2.45) is 0 Å². The molecule has 5 nitrogen and oxygen atoms in total. The van der Waals surface area contributed by atoms with E-state index in [1.54, 1.807) is 0 Å². The van der Waals surface area contributed by atoms with Crippen molar-refractivity contribution >= 4 is 0 Å². The van der Waals surface area contributed by atoms with Crippen LogP contribution in [-0.2, 0) is 12.8 Å². The molecule has 0 fully saturated rings. The molecular weight excluding hydrogens is 192 g/mol. The van der Waals surface area contributed by atoms with E-state index < -0.39 is 0 Å². The highest BCUT2D eigenvalue weighted by Crippen LogP contribution is 2.15. The summed E-state index contributed by atoms with van der Waals surface area (Å²) < 4.78 is 1.81. The number of aliphatic hydroxyl groups excluding tert-OH is 1. The fraction of sp³-hybridized carbons (Fsp3) is 0.700. The van der Waals surface area contributed by atoms with Gasteiger partial charge in [0.05, 0.1) is 29.9 Å². The Hall–Kier alpha value is -1.41. The van der Waals surface area contributed by atoms with Crippen LogP contribution in [0.4, 0.5) is 0 Å². The van der Waals surface area contributed by atoms with E-state index in [0.717, 1.165) is 17.8 Å². The minimum atomic E-state index is 0.130. The van der Waals surface area contributed by atoms with E-state index in [0.29, 0.717) is 12.8 Å². The Morgan fingerprint density at radius 2 is 2.33 bits per heavy atom. The second-order valence-electron chi connectivity index (χ2n) is 3.48. The molecule has 0 aliphatic heterocycles. The molecule has 1 unspecified atom stereocenters. The van der Waals surface area contributed by atoms with Crippen LogP contribution in [0.25, 0.3) is 0 Å². The molecule has 0 radical (unpaired) electrons. The second kappa shape index (κ2) is 5.47. The zero-order valence-electron chi connectivity index (χ0n) is 9.14. The zero-order chi connectivity index (χ0) is 11.3. The first-order chi connectivity index (χ1) is 7.24. The topological polar surface area (TPSA) is 74.7 Å². The predicted octanol–water partition coefficient (Wildman–Crippen LogP) is 0.850. The Kier molecular flexibility index (Phi) is 4.25. The number of aromatic nitrogens is 3. The molecule has 0 spiro atoms. The summed E-state index contributed by atoms with van der Waals surface area (Å²) in [7, 11) is 0. The number of nitriles is 1. The van der Waals surface area contributed by atoms with Crippen molar-refractivity contribution in [3.63, 3.8) is 0 Å². The van der Waals surface area contributed by atoms with Crippen LogP contribution in [0.3, 0.4) is 0 Å². The molecule has 0 saturated heterocycles. The Labute approximate surface area is 89.3 Å². The summed E-state index contributed by atoms with van der Waals surface area (Å²) in [5.41, 5.74) is 1.75. The molecule has 1 N–H and O–H groups in total. The highest BCUT2D eigenvalue weighted by molar-refractivity contribution is 5.14. The van der Waals surface area contributed by atoms with Gasteiger partial charge in [0.25, 0.3) is 0 Å². The minimum absolute atomic E-state index is 0.130. The molecule has 5 heteroatoms. The largest absolute Gasteiger partial charge is 0.396 e. The quantitative estimate of drug-likeness (QED) is 0.778. The van der Waals surface area contributed by atoms with Crippen molar-refractivity contribution in [2.45, 2.75) is 39.2 Å². The lowest BCUT2D eigenvalue weighted by Gasteiger charge is -2.12. The van der Waals surface area contributed by atoms with E-state index in [2.05, 4.69) is 16.4 Å². The summed E-state index contributed by atoms with van der Waals surface area (Å²) in [5.74, 6) is 0. The van der Waals surface area contributed by atoms with Crippen LogP contribution in [0.2, 0.25) is 0 Å². The van der Waals surface area contributed by atoms with Gasteiger partial charge in [-0.2, -0.15) is 5.26 Å². The first-order valence-corrected chi connectivity index (χ1v) is 5.15. The molecular formula is C10H16N4O. The number of nitrogens with zero attached hydrogens (tertiary/aromatic N) is 4. The zero-order valence-corrected chi connectivity index (χ0v) is 9.14. The van der Waals surface area contributed by atoms with Crippen molar-refractivity contribution in [2.75, 3.05) is 6.61 Å². The fourth-order valence-corrected chi connectivity index (χ4v) is 1.59. The number of aliphatic hydroxyl groups is 1. The molecule has 1 rings (SSSR count). The molecule has 1 heterocycles. The maximum absolute atomic E-state index is 8.86. The molecule has 0 aromatic carbocycles. The monoisotopic (exact) mass is 208 g/mol. The third-order valence-electron chi connectivity index (χ3n) is 2.42. The van der Waals surface area contributed by atoms with Crippen molar-refractivity contribution in [3.05, 3.63) is 11.4 Å². The van der Waals surface area contributed by atoms with Gasteiger partial charge in [0.1, 0.15) is 0 Å². The molecule has 1 aromatic rings. The minimum Gasteiger partial charge on any atom is -0.396 e. The Bertz CT molecular complexity index is 353. The predicted molar refractivity (Wildman–Crippen MR) is 55.1 cm³/mol. The smallest absolute Gasteiger partial charge is 0.0999 e.